The molecule has 6 rings (SSSR count). The molecule has 7 nitrogen and oxygen atoms in total. The number of nitrogens with zero attached hydrogens (tertiary/aromatic N) is 3. The zero-order valence-corrected chi connectivity index (χ0v) is 24.3. The number of esters is 1. The van der Waals surface area contributed by atoms with Gasteiger partial charge < -0.3 is 10.1 Å². The number of carbonyl (C=O) groups is 2. The maximum absolute atomic E-state index is 13.1. The summed E-state index contributed by atoms with van der Waals surface area (Å²) in [4.78, 5) is 35.6. The van der Waals surface area contributed by atoms with Crippen LogP contribution in [0.4, 0.5) is 5.69 Å². The molecule has 0 aliphatic rings. The van der Waals surface area contributed by atoms with Crippen molar-refractivity contribution in [1.82, 2.24) is 9.97 Å². The molecular weight excluding hydrogens is 560 g/mol. The molecule has 1 N–H and O–H groups in total. The van der Waals surface area contributed by atoms with Gasteiger partial charge in [-0.3, -0.25) is 4.79 Å². The highest BCUT2D eigenvalue weighted by atomic mass is 16.5. The number of hydrogen-bond acceptors (Lipinski definition) is 6. The fraction of sp³-hybridized carbons (Fsp3) is 0.0263. The minimum Gasteiger partial charge on any atom is -0.423 e. The van der Waals surface area contributed by atoms with Crippen LogP contribution in [0.15, 0.2) is 133 Å². The van der Waals surface area contributed by atoms with Crippen LogP contribution in [0, 0.1) is 18.3 Å². The van der Waals surface area contributed by atoms with Gasteiger partial charge in [0.25, 0.3) is 5.91 Å². The van der Waals surface area contributed by atoms with Gasteiger partial charge in [0.05, 0.1) is 28.0 Å². The van der Waals surface area contributed by atoms with Gasteiger partial charge in [-0.1, -0.05) is 90.5 Å². The van der Waals surface area contributed by atoms with E-state index in [1.54, 1.807) is 54.6 Å². The molecule has 6 aromatic rings. The van der Waals surface area contributed by atoms with Crippen LogP contribution in [0.3, 0.4) is 0 Å². The van der Waals surface area contributed by atoms with Crippen LogP contribution >= 0.6 is 0 Å². The molecule has 0 saturated heterocycles. The highest BCUT2D eigenvalue weighted by molar-refractivity contribution is 6.09. The topological polar surface area (TPSA) is 105 Å². The molecule has 1 heterocycles. The van der Waals surface area contributed by atoms with Crippen molar-refractivity contribution in [1.29, 1.82) is 5.26 Å². The van der Waals surface area contributed by atoms with Crippen molar-refractivity contribution >= 4 is 34.7 Å². The van der Waals surface area contributed by atoms with Gasteiger partial charge in [-0.05, 0) is 61.0 Å². The molecule has 0 radical (unpaired) electrons. The van der Waals surface area contributed by atoms with Crippen LogP contribution in [0.5, 0.6) is 5.75 Å². The number of aromatic nitrogens is 2. The first kappa shape index (κ1) is 28.7. The molecule has 5 aromatic carbocycles. The van der Waals surface area contributed by atoms with E-state index in [0.29, 0.717) is 39.3 Å². The number of anilines is 1. The summed E-state index contributed by atoms with van der Waals surface area (Å²) in [5.74, 6) is -0.747. The summed E-state index contributed by atoms with van der Waals surface area (Å²) >= 11 is 0. The maximum Gasteiger partial charge on any atom is 0.343 e. The van der Waals surface area contributed by atoms with Crippen LogP contribution in [0.1, 0.15) is 21.5 Å². The molecule has 1 amide bonds. The van der Waals surface area contributed by atoms with E-state index >= 15 is 0 Å². The molecule has 0 unspecified atom stereocenters. The fourth-order valence-corrected chi connectivity index (χ4v) is 4.72. The van der Waals surface area contributed by atoms with Gasteiger partial charge in [0.2, 0.25) is 0 Å². The second-order valence-electron chi connectivity index (χ2n) is 10.3. The zero-order valence-electron chi connectivity index (χ0n) is 24.3. The van der Waals surface area contributed by atoms with Crippen molar-refractivity contribution in [2.24, 2.45) is 0 Å². The van der Waals surface area contributed by atoms with Crippen molar-refractivity contribution in [3.63, 3.8) is 0 Å². The lowest BCUT2D eigenvalue weighted by Gasteiger charge is -2.11. The number of rotatable bonds is 7. The Hall–Kier alpha value is -6.39. The number of carbonyl (C=O) groups excluding carboxylic acids is 2. The van der Waals surface area contributed by atoms with E-state index in [4.69, 9.17) is 14.7 Å². The molecule has 0 aliphatic heterocycles. The van der Waals surface area contributed by atoms with Crippen molar-refractivity contribution in [2.45, 2.75) is 6.92 Å². The summed E-state index contributed by atoms with van der Waals surface area (Å²) < 4.78 is 5.63. The first-order valence-corrected chi connectivity index (χ1v) is 14.2. The largest absolute Gasteiger partial charge is 0.423 e. The minimum absolute atomic E-state index is 0.0529. The first-order chi connectivity index (χ1) is 22.0. The number of hydrogen-bond donors (Lipinski definition) is 1. The van der Waals surface area contributed by atoms with E-state index in [-0.39, 0.29) is 5.57 Å². The second kappa shape index (κ2) is 12.9. The van der Waals surface area contributed by atoms with Crippen molar-refractivity contribution in [2.75, 3.05) is 5.32 Å². The highest BCUT2D eigenvalue weighted by Gasteiger charge is 2.16. The molecule has 0 atom stereocenters. The molecule has 0 spiro atoms. The van der Waals surface area contributed by atoms with Crippen molar-refractivity contribution < 1.29 is 14.3 Å². The number of amides is 1. The van der Waals surface area contributed by atoms with E-state index in [2.05, 4.69) is 5.32 Å². The third-order valence-corrected chi connectivity index (χ3v) is 7.07. The Morgan fingerprint density at radius 1 is 0.733 bits per heavy atom. The van der Waals surface area contributed by atoms with Crippen LogP contribution in [-0.2, 0) is 4.79 Å². The van der Waals surface area contributed by atoms with Gasteiger partial charge in [-0.15, -0.1) is 0 Å². The second-order valence-corrected chi connectivity index (χ2v) is 10.3. The lowest BCUT2D eigenvalue weighted by molar-refractivity contribution is -0.112. The highest BCUT2D eigenvalue weighted by Crippen LogP contribution is 2.31. The standard InChI is InChI=1S/C38H26N4O3/c1-25-12-17-31(18-13-25)40-37(43)30(24-39)22-26-14-19-32(20-15-26)45-38(44)29-16-21-33-34(23-29)42-36(28-10-6-3-7-11-28)35(41-33)27-8-4-2-5-9-27/h2-23H,1H3,(H,40,43)/b30-22+. The molecule has 0 aliphatic carbocycles. The molecular formula is C38H26N4O3. The predicted molar refractivity (Wildman–Crippen MR) is 175 cm³/mol. The SMILES string of the molecule is Cc1ccc(NC(=O)/C(C#N)=C/c2ccc(OC(=O)c3ccc4nc(-c5ccccc5)c(-c5ccccc5)nc4c3)cc2)cc1. The van der Waals surface area contributed by atoms with Gasteiger partial charge in [0.1, 0.15) is 17.4 Å². The van der Waals surface area contributed by atoms with E-state index in [9.17, 15) is 14.9 Å². The smallest absolute Gasteiger partial charge is 0.343 e. The van der Waals surface area contributed by atoms with E-state index < -0.39 is 11.9 Å². The van der Waals surface area contributed by atoms with Gasteiger partial charge in [0, 0.05) is 16.8 Å². The van der Waals surface area contributed by atoms with Gasteiger partial charge >= 0.3 is 5.97 Å². The molecule has 7 heteroatoms. The maximum atomic E-state index is 13.1. The number of nitrogens with one attached hydrogen (secondary N) is 1. The molecule has 0 saturated carbocycles. The minimum atomic E-state index is -0.550. The summed E-state index contributed by atoms with van der Waals surface area (Å²) in [5, 5.41) is 12.3. The van der Waals surface area contributed by atoms with E-state index in [0.717, 1.165) is 22.4 Å². The average Bonchev–Trinajstić information content (AvgIpc) is 3.08. The number of benzene rings is 5. The molecule has 216 valence electrons. The fourth-order valence-electron chi connectivity index (χ4n) is 4.72. The quantitative estimate of drug-likeness (QED) is 0.0879. The molecule has 45 heavy (non-hydrogen) atoms. The van der Waals surface area contributed by atoms with Gasteiger partial charge in [0.15, 0.2) is 0 Å². The summed E-state index contributed by atoms with van der Waals surface area (Å²) in [7, 11) is 0. The Morgan fingerprint density at radius 2 is 1.33 bits per heavy atom. The molecule has 0 fully saturated rings. The van der Waals surface area contributed by atoms with Crippen molar-refractivity contribution in [3.8, 4) is 34.3 Å². The van der Waals surface area contributed by atoms with Crippen LogP contribution in [0.25, 0.3) is 39.6 Å². The Balaban J connectivity index is 1.21. The lowest BCUT2D eigenvalue weighted by atomic mass is 10.0. The summed E-state index contributed by atoms with van der Waals surface area (Å²) in [6, 6.07) is 40.6. The number of aryl methyl sites for hydroxylation is 1. The van der Waals surface area contributed by atoms with Crippen molar-refractivity contribution in [3.05, 3.63) is 150 Å². The summed E-state index contributed by atoms with van der Waals surface area (Å²) in [6.45, 7) is 1.95. The Kier molecular flexibility index (Phi) is 8.21. The normalized spacial score (nSPS) is 11.1. The monoisotopic (exact) mass is 586 g/mol. The Morgan fingerprint density at radius 3 is 1.93 bits per heavy atom. The Labute approximate surface area is 260 Å². The van der Waals surface area contributed by atoms with Crippen LogP contribution < -0.4 is 10.1 Å². The predicted octanol–water partition coefficient (Wildman–Crippen LogP) is 8.04. The molecule has 1 aromatic heterocycles. The average molecular weight is 587 g/mol. The van der Waals surface area contributed by atoms with Crippen LogP contribution in [0.2, 0.25) is 0 Å². The van der Waals surface area contributed by atoms with E-state index in [1.807, 2.05) is 85.8 Å². The number of nitriles is 1. The number of ether oxygens (including phenoxy) is 1. The number of fused-ring (bicyclic) bond motifs is 1. The summed E-state index contributed by atoms with van der Waals surface area (Å²) in [5.41, 5.74) is 7.09. The van der Waals surface area contributed by atoms with Gasteiger partial charge in [-0.2, -0.15) is 5.26 Å². The third kappa shape index (κ3) is 6.66. The first-order valence-electron chi connectivity index (χ1n) is 14.2. The molecule has 0 bridgehead atoms. The summed E-state index contributed by atoms with van der Waals surface area (Å²) in [6.07, 6.45) is 1.48. The third-order valence-electron chi connectivity index (χ3n) is 7.07. The van der Waals surface area contributed by atoms with Crippen LogP contribution in [-0.4, -0.2) is 21.8 Å². The van der Waals surface area contributed by atoms with Gasteiger partial charge in [-0.25, -0.2) is 14.8 Å². The Bertz CT molecular complexity index is 2080. The lowest BCUT2D eigenvalue weighted by Crippen LogP contribution is -2.13. The zero-order chi connectivity index (χ0) is 31.2. The van der Waals surface area contributed by atoms with E-state index in [1.165, 1.54) is 6.08 Å².